The molecular weight excluding hydrogens is 192 g/mol. The first-order valence-corrected chi connectivity index (χ1v) is 7.11. The van der Waals surface area contributed by atoms with Crippen LogP contribution in [0.5, 0.6) is 0 Å². The Bertz CT molecular complexity index is 178. The molecule has 1 unspecified atom stereocenters. The zero-order valence-corrected chi connectivity index (χ0v) is 9.93. The number of thioether (sulfide) groups is 1. The van der Waals surface area contributed by atoms with Crippen molar-refractivity contribution in [2.75, 3.05) is 19.3 Å². The molecule has 0 aromatic rings. The molecule has 1 heterocycles. The largest absolute Gasteiger partial charge is 0.326 e. The van der Waals surface area contributed by atoms with Gasteiger partial charge in [0.15, 0.2) is 0 Å². The fraction of sp³-hybridized carbons (Fsp3) is 1.00. The Labute approximate surface area is 91.6 Å². The van der Waals surface area contributed by atoms with E-state index < -0.39 is 0 Å². The molecule has 14 heavy (non-hydrogen) atoms. The van der Waals surface area contributed by atoms with Gasteiger partial charge in [0.25, 0.3) is 0 Å². The highest BCUT2D eigenvalue weighted by molar-refractivity contribution is 7.99. The molecule has 0 aromatic heterocycles. The van der Waals surface area contributed by atoms with Crippen LogP contribution in [-0.2, 0) is 0 Å². The highest BCUT2D eigenvalue weighted by atomic mass is 32.2. The van der Waals surface area contributed by atoms with Gasteiger partial charge in [-0.05, 0) is 38.4 Å². The minimum atomic E-state index is 0.452. The maximum atomic E-state index is 5.94. The number of rotatable bonds is 2. The molecule has 2 nitrogen and oxygen atoms in total. The van der Waals surface area contributed by atoms with Gasteiger partial charge in [-0.3, -0.25) is 4.90 Å². The fourth-order valence-corrected chi connectivity index (χ4v) is 3.54. The number of nitrogens with zero attached hydrogens (tertiary/aromatic N) is 1. The fourth-order valence-electron chi connectivity index (χ4n) is 2.79. The molecule has 0 bridgehead atoms. The Morgan fingerprint density at radius 3 is 2.36 bits per heavy atom. The molecule has 2 fully saturated rings. The maximum absolute atomic E-state index is 5.94. The van der Waals surface area contributed by atoms with Crippen LogP contribution in [0, 0.1) is 0 Å². The van der Waals surface area contributed by atoms with E-state index in [1.807, 2.05) is 11.8 Å². The van der Waals surface area contributed by atoms with Crippen LogP contribution < -0.4 is 5.73 Å². The molecular formula is C11H22N2S. The van der Waals surface area contributed by atoms with Crippen LogP contribution in [0.4, 0.5) is 0 Å². The van der Waals surface area contributed by atoms with E-state index in [4.69, 9.17) is 5.73 Å². The highest BCUT2D eigenvalue weighted by Gasteiger charge is 2.29. The minimum absolute atomic E-state index is 0.452. The van der Waals surface area contributed by atoms with Gasteiger partial charge in [-0.15, -0.1) is 0 Å². The Morgan fingerprint density at radius 1 is 1.14 bits per heavy atom. The summed E-state index contributed by atoms with van der Waals surface area (Å²) in [7, 11) is 0. The summed E-state index contributed by atoms with van der Waals surface area (Å²) in [5.41, 5.74) is 5.94. The van der Waals surface area contributed by atoms with Crippen molar-refractivity contribution in [3.63, 3.8) is 0 Å². The second kappa shape index (κ2) is 4.86. The molecule has 1 aliphatic heterocycles. The molecule has 1 saturated carbocycles. The Morgan fingerprint density at radius 2 is 1.86 bits per heavy atom. The quantitative estimate of drug-likeness (QED) is 0.758. The van der Waals surface area contributed by atoms with Gasteiger partial charge in [0.05, 0.1) is 0 Å². The standard InChI is InChI=1S/C11H22N2S/c1-14-11-4-2-10(3-5-11)13-7-6-9(12)8-13/h9-11H,2-8,12H2,1H3. The molecule has 1 saturated heterocycles. The van der Waals surface area contributed by atoms with Gasteiger partial charge >= 0.3 is 0 Å². The lowest BCUT2D eigenvalue weighted by molar-refractivity contribution is 0.192. The monoisotopic (exact) mass is 214 g/mol. The molecule has 0 radical (unpaired) electrons. The molecule has 0 aromatic carbocycles. The van der Waals surface area contributed by atoms with Crippen LogP contribution >= 0.6 is 11.8 Å². The third kappa shape index (κ3) is 2.44. The molecule has 0 amide bonds. The summed E-state index contributed by atoms with van der Waals surface area (Å²) in [6, 6.07) is 1.31. The van der Waals surface area contributed by atoms with Crippen molar-refractivity contribution in [3.8, 4) is 0 Å². The smallest absolute Gasteiger partial charge is 0.0180 e. The van der Waals surface area contributed by atoms with Crippen LogP contribution in [0.25, 0.3) is 0 Å². The lowest BCUT2D eigenvalue weighted by Crippen LogP contribution is -2.38. The van der Waals surface area contributed by atoms with E-state index in [0.29, 0.717) is 6.04 Å². The van der Waals surface area contributed by atoms with E-state index >= 15 is 0 Å². The maximum Gasteiger partial charge on any atom is 0.0180 e. The summed E-state index contributed by atoms with van der Waals surface area (Å²) in [6.07, 6.45) is 9.09. The SMILES string of the molecule is CSC1CCC(N2CCC(N)C2)CC1. The molecule has 3 heteroatoms. The van der Waals surface area contributed by atoms with Crippen molar-refractivity contribution in [1.82, 2.24) is 4.90 Å². The van der Waals surface area contributed by atoms with Gasteiger partial charge in [-0.2, -0.15) is 11.8 Å². The normalized spacial score (nSPS) is 40.3. The lowest BCUT2D eigenvalue weighted by atomic mass is 9.94. The first kappa shape index (κ1) is 10.8. The number of hydrogen-bond donors (Lipinski definition) is 1. The highest BCUT2D eigenvalue weighted by Crippen LogP contribution is 2.30. The molecule has 1 atom stereocenters. The van der Waals surface area contributed by atoms with E-state index in [1.54, 1.807) is 0 Å². The van der Waals surface area contributed by atoms with Crippen LogP contribution in [-0.4, -0.2) is 41.6 Å². The first-order valence-electron chi connectivity index (χ1n) is 5.82. The average molecular weight is 214 g/mol. The third-order valence-corrected chi connectivity index (χ3v) is 4.89. The van der Waals surface area contributed by atoms with E-state index in [9.17, 15) is 0 Å². The second-order valence-corrected chi connectivity index (χ2v) is 5.85. The Kier molecular flexibility index (Phi) is 3.74. The lowest BCUT2D eigenvalue weighted by Gasteiger charge is -2.34. The van der Waals surface area contributed by atoms with Gasteiger partial charge in [0.1, 0.15) is 0 Å². The number of likely N-dealkylation sites (tertiary alicyclic amines) is 1. The van der Waals surface area contributed by atoms with Crippen LogP contribution in [0.2, 0.25) is 0 Å². The summed E-state index contributed by atoms with van der Waals surface area (Å²) < 4.78 is 0. The van der Waals surface area contributed by atoms with Crippen LogP contribution in [0.3, 0.4) is 0 Å². The minimum Gasteiger partial charge on any atom is -0.326 e. The summed E-state index contributed by atoms with van der Waals surface area (Å²) in [5.74, 6) is 0. The van der Waals surface area contributed by atoms with E-state index in [0.717, 1.165) is 17.8 Å². The van der Waals surface area contributed by atoms with Gasteiger partial charge < -0.3 is 5.73 Å². The average Bonchev–Trinajstić information content (AvgIpc) is 2.65. The zero-order chi connectivity index (χ0) is 9.97. The predicted molar refractivity (Wildman–Crippen MR) is 63.7 cm³/mol. The summed E-state index contributed by atoms with van der Waals surface area (Å²) in [6.45, 7) is 2.39. The van der Waals surface area contributed by atoms with E-state index in [-0.39, 0.29) is 0 Å². The first-order chi connectivity index (χ1) is 6.79. The van der Waals surface area contributed by atoms with E-state index in [1.165, 1.54) is 38.6 Å². The topological polar surface area (TPSA) is 29.3 Å². The van der Waals surface area contributed by atoms with E-state index in [2.05, 4.69) is 11.2 Å². The molecule has 2 N–H and O–H groups in total. The van der Waals surface area contributed by atoms with Gasteiger partial charge in [-0.1, -0.05) is 0 Å². The van der Waals surface area contributed by atoms with Crippen molar-refractivity contribution in [3.05, 3.63) is 0 Å². The van der Waals surface area contributed by atoms with Crippen LogP contribution in [0.1, 0.15) is 32.1 Å². The number of hydrogen-bond acceptors (Lipinski definition) is 3. The molecule has 2 rings (SSSR count). The molecule has 82 valence electrons. The van der Waals surface area contributed by atoms with Gasteiger partial charge in [0.2, 0.25) is 0 Å². The van der Waals surface area contributed by atoms with Crippen molar-refractivity contribution in [2.45, 2.75) is 49.4 Å². The second-order valence-electron chi connectivity index (χ2n) is 4.71. The summed E-state index contributed by atoms with van der Waals surface area (Å²) >= 11 is 2.05. The van der Waals surface area contributed by atoms with Gasteiger partial charge in [0, 0.05) is 30.4 Å². The molecule has 2 aliphatic rings. The van der Waals surface area contributed by atoms with Crippen molar-refractivity contribution >= 4 is 11.8 Å². The Hall–Kier alpha value is 0.270. The zero-order valence-electron chi connectivity index (χ0n) is 9.11. The summed E-state index contributed by atoms with van der Waals surface area (Å²) in [4.78, 5) is 2.63. The van der Waals surface area contributed by atoms with Gasteiger partial charge in [-0.25, -0.2) is 0 Å². The van der Waals surface area contributed by atoms with Crippen molar-refractivity contribution in [1.29, 1.82) is 0 Å². The number of nitrogens with two attached hydrogens (primary N) is 1. The third-order valence-electron chi connectivity index (χ3n) is 3.75. The molecule has 0 spiro atoms. The Balaban J connectivity index is 1.78. The van der Waals surface area contributed by atoms with Crippen molar-refractivity contribution in [2.24, 2.45) is 5.73 Å². The van der Waals surface area contributed by atoms with Crippen molar-refractivity contribution < 1.29 is 0 Å². The summed E-state index contributed by atoms with van der Waals surface area (Å²) in [5, 5.41) is 0.933. The molecule has 1 aliphatic carbocycles. The predicted octanol–water partition coefficient (Wildman–Crippen LogP) is 1.69. The van der Waals surface area contributed by atoms with Crippen LogP contribution in [0.15, 0.2) is 0 Å².